The lowest BCUT2D eigenvalue weighted by atomic mass is 9.95. The van der Waals surface area contributed by atoms with E-state index in [1.807, 2.05) is 4.57 Å². The Bertz CT molecular complexity index is 2050. The average Bonchev–Trinajstić information content (AvgIpc) is 3.02. The van der Waals surface area contributed by atoms with Crippen LogP contribution in [0, 0.1) is 25.5 Å². The molecule has 10 nitrogen and oxygen atoms in total. The Labute approximate surface area is 256 Å². The summed E-state index contributed by atoms with van der Waals surface area (Å²) in [5, 5.41) is 2.64. The number of nitrogens with one attached hydrogen (secondary N) is 1. The second-order valence-electron chi connectivity index (χ2n) is 10.4. The zero-order valence-electron chi connectivity index (χ0n) is 24.9. The van der Waals surface area contributed by atoms with Gasteiger partial charge in [0.2, 0.25) is 5.43 Å². The van der Waals surface area contributed by atoms with Crippen molar-refractivity contribution in [2.45, 2.75) is 27.0 Å². The Morgan fingerprint density at radius 2 is 1.82 bits per heavy atom. The minimum Gasteiger partial charge on any atom is -0.491 e. The van der Waals surface area contributed by atoms with E-state index >= 15 is 4.39 Å². The van der Waals surface area contributed by atoms with Crippen LogP contribution in [0.15, 0.2) is 59.5 Å². The molecule has 0 spiro atoms. The number of methoxy groups -OCH3 is 2. The predicted molar refractivity (Wildman–Crippen MR) is 162 cm³/mol. The molecule has 6 rings (SSSR count). The molecule has 1 amide bonds. The normalized spacial score (nSPS) is 12.5. The summed E-state index contributed by atoms with van der Waals surface area (Å²) >= 11 is 0. The topological polar surface area (TPSA) is 114 Å². The number of carbonyl (C=O) groups excluding carboxylic acids is 1. The minimum absolute atomic E-state index is 0.0488. The van der Waals surface area contributed by atoms with Crippen molar-refractivity contribution in [2.24, 2.45) is 0 Å². The fraction of sp³-hybridized carbons (Fsp3) is 0.212. The van der Waals surface area contributed by atoms with Gasteiger partial charge in [0.15, 0.2) is 23.1 Å². The summed E-state index contributed by atoms with van der Waals surface area (Å²) in [4.78, 5) is 36.2. The number of carbonyl (C=O) groups is 1. The first-order valence-corrected chi connectivity index (χ1v) is 14.0. The van der Waals surface area contributed by atoms with Crippen LogP contribution in [0.5, 0.6) is 23.1 Å². The number of nitrogens with zero attached hydrogens (tertiary/aromatic N) is 3. The van der Waals surface area contributed by atoms with Crippen molar-refractivity contribution in [3.63, 3.8) is 0 Å². The molecule has 12 heteroatoms. The van der Waals surface area contributed by atoms with Crippen LogP contribution in [-0.4, -0.2) is 41.3 Å². The molecular formula is C33H28F2N4O6. The Hall–Kier alpha value is -5.36. The third-order valence-electron chi connectivity index (χ3n) is 7.65. The molecule has 0 radical (unpaired) electrons. The van der Waals surface area contributed by atoms with Gasteiger partial charge < -0.3 is 28.8 Å². The van der Waals surface area contributed by atoms with Crippen LogP contribution in [0.1, 0.15) is 27.3 Å². The van der Waals surface area contributed by atoms with Crippen molar-refractivity contribution in [3.8, 4) is 34.3 Å². The summed E-state index contributed by atoms with van der Waals surface area (Å²) in [5.41, 5.74) is 2.65. The van der Waals surface area contributed by atoms with Crippen LogP contribution < -0.4 is 25.0 Å². The van der Waals surface area contributed by atoms with Gasteiger partial charge in [0, 0.05) is 47.9 Å². The van der Waals surface area contributed by atoms with E-state index in [-0.39, 0.29) is 35.2 Å². The standard InChI is InChI=1S/C33H28F2N4O6/c1-17-13-19(34)5-7-21(17)28-18(2)39-11-12-44-16-24(39)29(31(28)40)32(41)37-20-6-8-25(22(35)14-20)45-26-9-10-36-23-15-27(42-3)33(43-4)38-30(23)26/h5-10,13-15H,11-12,16H2,1-4H3,(H,37,41). The van der Waals surface area contributed by atoms with Gasteiger partial charge in [0.05, 0.1) is 38.6 Å². The van der Waals surface area contributed by atoms with E-state index in [4.69, 9.17) is 18.9 Å². The van der Waals surface area contributed by atoms with Gasteiger partial charge in [-0.05, 0) is 49.2 Å². The zero-order chi connectivity index (χ0) is 31.8. The lowest BCUT2D eigenvalue weighted by Gasteiger charge is -2.26. The summed E-state index contributed by atoms with van der Waals surface area (Å²) in [5.74, 6) is -1.26. The molecule has 0 fully saturated rings. The first-order valence-electron chi connectivity index (χ1n) is 14.0. The van der Waals surface area contributed by atoms with Crippen LogP contribution in [0.2, 0.25) is 0 Å². The molecule has 4 heterocycles. The Morgan fingerprint density at radius 1 is 1.00 bits per heavy atom. The van der Waals surface area contributed by atoms with Crippen molar-refractivity contribution in [1.29, 1.82) is 0 Å². The number of ether oxygens (including phenoxy) is 4. The lowest BCUT2D eigenvalue weighted by molar-refractivity contribution is 0.0801. The first kappa shape index (κ1) is 29.7. The number of halogens is 2. The van der Waals surface area contributed by atoms with Gasteiger partial charge in [0.25, 0.3) is 11.8 Å². The van der Waals surface area contributed by atoms with Gasteiger partial charge in [-0.1, -0.05) is 6.07 Å². The van der Waals surface area contributed by atoms with Crippen molar-refractivity contribution < 1.29 is 32.5 Å². The quantitative estimate of drug-likeness (QED) is 0.240. The Kier molecular flexibility index (Phi) is 7.90. The summed E-state index contributed by atoms with van der Waals surface area (Å²) in [6.07, 6.45) is 1.49. The van der Waals surface area contributed by atoms with Crippen LogP contribution in [0.4, 0.5) is 14.5 Å². The van der Waals surface area contributed by atoms with Crippen LogP contribution in [0.25, 0.3) is 22.2 Å². The third-order valence-corrected chi connectivity index (χ3v) is 7.65. The number of hydrogen-bond acceptors (Lipinski definition) is 8. The number of amides is 1. The maximum absolute atomic E-state index is 15.3. The summed E-state index contributed by atoms with van der Waals surface area (Å²) < 4.78 is 53.1. The number of pyridine rings is 3. The van der Waals surface area contributed by atoms with E-state index in [9.17, 15) is 14.0 Å². The molecule has 0 atom stereocenters. The molecular weight excluding hydrogens is 586 g/mol. The van der Waals surface area contributed by atoms with E-state index in [0.29, 0.717) is 58.0 Å². The maximum atomic E-state index is 15.3. The molecule has 230 valence electrons. The van der Waals surface area contributed by atoms with Gasteiger partial charge in [-0.3, -0.25) is 14.6 Å². The SMILES string of the molecule is COc1cc2nccc(Oc3ccc(NC(=O)c4c5n(c(C)c(-c6ccc(F)cc6C)c4=O)CCOC5)cc3F)c2nc1OC. The maximum Gasteiger partial charge on any atom is 0.261 e. The number of fused-ring (bicyclic) bond motifs is 2. The number of rotatable bonds is 7. The minimum atomic E-state index is -0.771. The second kappa shape index (κ2) is 12.0. The molecule has 0 bridgehead atoms. The van der Waals surface area contributed by atoms with E-state index < -0.39 is 23.0 Å². The lowest BCUT2D eigenvalue weighted by Crippen LogP contribution is -2.33. The fourth-order valence-electron chi connectivity index (χ4n) is 5.49. The molecule has 1 aliphatic heterocycles. The Morgan fingerprint density at radius 3 is 2.56 bits per heavy atom. The molecule has 2 aromatic carbocycles. The summed E-state index contributed by atoms with van der Waals surface area (Å²) in [6, 6.07) is 11.2. The highest BCUT2D eigenvalue weighted by Crippen LogP contribution is 2.35. The number of anilines is 1. The van der Waals surface area contributed by atoms with E-state index in [1.165, 1.54) is 56.8 Å². The fourth-order valence-corrected chi connectivity index (χ4v) is 5.49. The van der Waals surface area contributed by atoms with Gasteiger partial charge in [-0.2, -0.15) is 0 Å². The largest absolute Gasteiger partial charge is 0.491 e. The zero-order valence-corrected chi connectivity index (χ0v) is 24.9. The van der Waals surface area contributed by atoms with Crippen LogP contribution >= 0.6 is 0 Å². The van der Waals surface area contributed by atoms with E-state index in [2.05, 4.69) is 15.3 Å². The molecule has 3 aromatic heterocycles. The van der Waals surface area contributed by atoms with Gasteiger partial charge in [-0.25, -0.2) is 13.8 Å². The van der Waals surface area contributed by atoms with E-state index in [0.717, 1.165) is 6.07 Å². The van der Waals surface area contributed by atoms with Gasteiger partial charge >= 0.3 is 0 Å². The first-order chi connectivity index (χ1) is 21.7. The highest BCUT2D eigenvalue weighted by atomic mass is 19.1. The van der Waals surface area contributed by atoms with Crippen LogP contribution in [-0.2, 0) is 17.9 Å². The van der Waals surface area contributed by atoms with Gasteiger partial charge in [0.1, 0.15) is 16.9 Å². The molecule has 0 saturated carbocycles. The highest BCUT2D eigenvalue weighted by Gasteiger charge is 2.28. The molecule has 1 N–H and O–H groups in total. The molecule has 0 unspecified atom stereocenters. The van der Waals surface area contributed by atoms with Crippen molar-refractivity contribution in [1.82, 2.24) is 14.5 Å². The highest BCUT2D eigenvalue weighted by molar-refractivity contribution is 6.06. The smallest absolute Gasteiger partial charge is 0.261 e. The molecule has 5 aromatic rings. The summed E-state index contributed by atoms with van der Waals surface area (Å²) in [6.45, 7) is 4.36. The third kappa shape index (κ3) is 5.44. The molecule has 45 heavy (non-hydrogen) atoms. The van der Waals surface area contributed by atoms with Gasteiger partial charge in [-0.15, -0.1) is 0 Å². The molecule has 0 aliphatic carbocycles. The summed E-state index contributed by atoms with van der Waals surface area (Å²) in [7, 11) is 2.92. The van der Waals surface area contributed by atoms with E-state index in [1.54, 1.807) is 19.9 Å². The van der Waals surface area contributed by atoms with Crippen LogP contribution in [0.3, 0.4) is 0 Å². The monoisotopic (exact) mass is 614 g/mol. The van der Waals surface area contributed by atoms with Crippen molar-refractivity contribution in [2.75, 3.05) is 26.1 Å². The number of hydrogen-bond donors (Lipinski definition) is 1. The number of benzene rings is 2. The number of aryl methyl sites for hydroxylation is 1. The van der Waals surface area contributed by atoms with Crippen molar-refractivity contribution in [3.05, 3.63) is 99.1 Å². The molecule has 1 aliphatic rings. The average molecular weight is 615 g/mol. The molecule has 0 saturated heterocycles. The predicted octanol–water partition coefficient (Wildman–Crippen LogP) is 5.95. The number of aromatic nitrogens is 3. The second-order valence-corrected chi connectivity index (χ2v) is 10.4. The Balaban J connectivity index is 1.33. The van der Waals surface area contributed by atoms with Crippen molar-refractivity contribution >= 4 is 22.6 Å².